The van der Waals surface area contributed by atoms with Gasteiger partial charge in [-0.15, -0.1) is 0 Å². The minimum atomic E-state index is -0.0552. The molecule has 0 spiro atoms. The van der Waals surface area contributed by atoms with E-state index < -0.39 is 0 Å². The maximum Gasteiger partial charge on any atom is 0.254 e. The average molecular weight is 323 g/mol. The van der Waals surface area contributed by atoms with Crippen LogP contribution in [-0.2, 0) is 11.2 Å². The zero-order valence-electron chi connectivity index (χ0n) is 14.0. The lowest BCUT2D eigenvalue weighted by Gasteiger charge is -2.16. The SMILES string of the molecule is CN(C)C(=O)c1ccc(C[C@H]2CC(=O)N(c3ccccc3)C2)nc1. The van der Waals surface area contributed by atoms with Crippen LogP contribution in [-0.4, -0.2) is 42.3 Å². The fourth-order valence-electron chi connectivity index (χ4n) is 3.00. The predicted octanol–water partition coefficient (Wildman–Crippen LogP) is 2.38. The standard InChI is InChI=1S/C19H21N3O2/c1-21(2)19(24)15-8-9-16(20-12-15)10-14-11-18(23)22(13-14)17-6-4-3-5-7-17/h3-9,12,14H,10-11,13H2,1-2H3/t14-/m0/s1. The van der Waals surface area contributed by atoms with Crippen molar-refractivity contribution in [1.82, 2.24) is 9.88 Å². The number of carbonyl (C=O) groups is 2. The van der Waals surface area contributed by atoms with Gasteiger partial charge in [0.1, 0.15) is 0 Å². The molecule has 5 heteroatoms. The molecule has 0 saturated carbocycles. The first-order valence-electron chi connectivity index (χ1n) is 8.06. The van der Waals surface area contributed by atoms with Crippen molar-refractivity contribution in [2.45, 2.75) is 12.8 Å². The van der Waals surface area contributed by atoms with Crippen LogP contribution in [0.4, 0.5) is 5.69 Å². The molecule has 0 bridgehead atoms. The van der Waals surface area contributed by atoms with Crippen molar-refractivity contribution in [3.8, 4) is 0 Å². The highest BCUT2D eigenvalue weighted by Crippen LogP contribution is 2.26. The van der Waals surface area contributed by atoms with Crippen molar-refractivity contribution in [2.24, 2.45) is 5.92 Å². The van der Waals surface area contributed by atoms with Gasteiger partial charge in [-0.05, 0) is 36.6 Å². The molecule has 3 rings (SSSR count). The van der Waals surface area contributed by atoms with Gasteiger partial charge in [0.2, 0.25) is 5.91 Å². The second-order valence-corrected chi connectivity index (χ2v) is 6.35. The highest BCUT2D eigenvalue weighted by Gasteiger charge is 2.30. The molecule has 2 amide bonds. The van der Waals surface area contributed by atoms with Crippen molar-refractivity contribution in [3.05, 3.63) is 59.9 Å². The number of nitrogens with zero attached hydrogens (tertiary/aromatic N) is 3. The molecule has 124 valence electrons. The van der Waals surface area contributed by atoms with Gasteiger partial charge in [0.25, 0.3) is 5.91 Å². The topological polar surface area (TPSA) is 53.5 Å². The second-order valence-electron chi connectivity index (χ2n) is 6.35. The summed E-state index contributed by atoms with van der Waals surface area (Å²) in [7, 11) is 3.44. The Bertz CT molecular complexity index is 726. The molecule has 1 aliphatic heterocycles. The van der Waals surface area contributed by atoms with E-state index in [2.05, 4.69) is 4.98 Å². The minimum Gasteiger partial charge on any atom is -0.345 e. The van der Waals surface area contributed by atoms with E-state index >= 15 is 0 Å². The third-order valence-electron chi connectivity index (χ3n) is 4.25. The Hall–Kier alpha value is -2.69. The number of hydrogen-bond donors (Lipinski definition) is 0. The lowest BCUT2D eigenvalue weighted by molar-refractivity contribution is -0.117. The smallest absolute Gasteiger partial charge is 0.254 e. The molecular weight excluding hydrogens is 302 g/mol. The van der Waals surface area contributed by atoms with Crippen LogP contribution in [0, 0.1) is 5.92 Å². The van der Waals surface area contributed by atoms with Crippen molar-refractivity contribution >= 4 is 17.5 Å². The summed E-state index contributed by atoms with van der Waals surface area (Å²) in [5, 5.41) is 0. The third-order valence-corrected chi connectivity index (χ3v) is 4.25. The summed E-state index contributed by atoms with van der Waals surface area (Å²) in [6.07, 6.45) is 2.89. The van der Waals surface area contributed by atoms with Gasteiger partial charge in [-0.25, -0.2) is 0 Å². The van der Waals surface area contributed by atoms with Gasteiger partial charge in [0, 0.05) is 44.6 Å². The van der Waals surface area contributed by atoms with Gasteiger partial charge < -0.3 is 9.80 Å². The normalized spacial score (nSPS) is 17.2. The van der Waals surface area contributed by atoms with Gasteiger partial charge in [-0.3, -0.25) is 14.6 Å². The number of benzene rings is 1. The van der Waals surface area contributed by atoms with Crippen LogP contribution in [0.5, 0.6) is 0 Å². The van der Waals surface area contributed by atoms with E-state index in [0.29, 0.717) is 18.5 Å². The fraction of sp³-hybridized carbons (Fsp3) is 0.316. The number of rotatable bonds is 4. The zero-order chi connectivity index (χ0) is 17.1. The Labute approximate surface area is 141 Å². The van der Waals surface area contributed by atoms with E-state index in [9.17, 15) is 9.59 Å². The van der Waals surface area contributed by atoms with Gasteiger partial charge in [-0.1, -0.05) is 18.2 Å². The van der Waals surface area contributed by atoms with E-state index in [4.69, 9.17) is 0 Å². The van der Waals surface area contributed by atoms with E-state index in [1.54, 1.807) is 26.4 Å². The zero-order valence-corrected chi connectivity index (χ0v) is 14.0. The Morgan fingerprint density at radius 3 is 2.58 bits per heavy atom. The van der Waals surface area contributed by atoms with Crippen LogP contribution in [0.2, 0.25) is 0 Å². The minimum absolute atomic E-state index is 0.0552. The van der Waals surface area contributed by atoms with Gasteiger partial charge >= 0.3 is 0 Å². The third kappa shape index (κ3) is 3.45. The summed E-state index contributed by atoms with van der Waals surface area (Å²) in [6.45, 7) is 0.711. The lowest BCUT2D eigenvalue weighted by atomic mass is 10.0. The molecule has 1 aromatic heterocycles. The van der Waals surface area contributed by atoms with Crippen molar-refractivity contribution in [1.29, 1.82) is 0 Å². The molecule has 0 aliphatic carbocycles. The van der Waals surface area contributed by atoms with Gasteiger partial charge in [-0.2, -0.15) is 0 Å². The van der Waals surface area contributed by atoms with Crippen molar-refractivity contribution in [3.63, 3.8) is 0 Å². The van der Waals surface area contributed by atoms with Gasteiger partial charge in [0.05, 0.1) is 5.56 Å². The largest absolute Gasteiger partial charge is 0.345 e. The molecule has 1 fully saturated rings. The molecule has 0 radical (unpaired) electrons. The molecule has 0 unspecified atom stereocenters. The lowest BCUT2D eigenvalue weighted by Crippen LogP contribution is -2.24. The number of pyridine rings is 1. The maximum atomic E-state index is 12.2. The molecule has 0 N–H and O–H groups in total. The number of para-hydroxylation sites is 1. The van der Waals surface area contributed by atoms with Gasteiger partial charge in [0.15, 0.2) is 0 Å². The number of aromatic nitrogens is 1. The molecule has 2 heterocycles. The van der Waals surface area contributed by atoms with Crippen LogP contribution in [0.3, 0.4) is 0 Å². The average Bonchev–Trinajstić information content (AvgIpc) is 2.96. The summed E-state index contributed by atoms with van der Waals surface area (Å²) in [5.41, 5.74) is 2.44. The monoisotopic (exact) mass is 323 g/mol. The summed E-state index contributed by atoms with van der Waals surface area (Å²) in [5.74, 6) is 0.353. The van der Waals surface area contributed by atoms with Crippen LogP contribution >= 0.6 is 0 Å². The Morgan fingerprint density at radius 2 is 1.96 bits per heavy atom. The number of anilines is 1. The summed E-state index contributed by atoms with van der Waals surface area (Å²) in [4.78, 5) is 31.9. The number of carbonyl (C=O) groups excluding carboxylic acids is 2. The molecule has 24 heavy (non-hydrogen) atoms. The molecule has 1 aromatic carbocycles. The molecule has 5 nitrogen and oxygen atoms in total. The summed E-state index contributed by atoms with van der Waals surface area (Å²) < 4.78 is 0. The Balaban J connectivity index is 1.65. The molecular formula is C19H21N3O2. The number of amides is 2. The fourth-order valence-corrected chi connectivity index (χ4v) is 3.00. The highest BCUT2D eigenvalue weighted by molar-refractivity contribution is 5.95. The highest BCUT2D eigenvalue weighted by atomic mass is 16.2. The maximum absolute atomic E-state index is 12.2. The Kier molecular flexibility index (Phi) is 4.60. The first-order valence-corrected chi connectivity index (χ1v) is 8.06. The first-order chi connectivity index (χ1) is 11.5. The van der Waals surface area contributed by atoms with E-state index in [-0.39, 0.29) is 17.7 Å². The quantitative estimate of drug-likeness (QED) is 0.868. The molecule has 2 aromatic rings. The van der Waals surface area contributed by atoms with Crippen LogP contribution < -0.4 is 4.90 Å². The predicted molar refractivity (Wildman–Crippen MR) is 92.9 cm³/mol. The van der Waals surface area contributed by atoms with Crippen molar-refractivity contribution in [2.75, 3.05) is 25.5 Å². The van der Waals surface area contributed by atoms with E-state index in [1.807, 2.05) is 41.3 Å². The van der Waals surface area contributed by atoms with Crippen LogP contribution in [0.1, 0.15) is 22.5 Å². The number of hydrogen-bond acceptors (Lipinski definition) is 3. The van der Waals surface area contributed by atoms with Crippen molar-refractivity contribution < 1.29 is 9.59 Å². The summed E-state index contributed by atoms with van der Waals surface area (Å²) in [6, 6.07) is 13.4. The molecule has 1 aliphatic rings. The molecule has 1 saturated heterocycles. The van der Waals surface area contributed by atoms with Crippen LogP contribution in [0.15, 0.2) is 48.7 Å². The Morgan fingerprint density at radius 1 is 1.21 bits per heavy atom. The van der Waals surface area contributed by atoms with E-state index in [0.717, 1.165) is 17.8 Å². The first kappa shape index (κ1) is 16.2. The molecule has 1 atom stereocenters. The van der Waals surface area contributed by atoms with Crippen LogP contribution in [0.25, 0.3) is 0 Å². The van der Waals surface area contributed by atoms with E-state index in [1.165, 1.54) is 4.90 Å². The summed E-state index contributed by atoms with van der Waals surface area (Å²) >= 11 is 0. The second kappa shape index (κ2) is 6.83.